The van der Waals surface area contributed by atoms with E-state index in [0.29, 0.717) is 5.56 Å². The standard InChI is InChI=1S/C17H23NO6/c1-17(2,3)24-16(21)18(11-14(19)22-4)10-12-6-8-13(9-7-12)15(20)23-5/h6-9H,10-11H2,1-5H3. The molecule has 0 radical (unpaired) electrons. The average molecular weight is 337 g/mol. The van der Waals surface area contributed by atoms with E-state index >= 15 is 0 Å². The van der Waals surface area contributed by atoms with Crippen LogP contribution >= 0.6 is 0 Å². The molecule has 0 unspecified atom stereocenters. The number of esters is 2. The minimum atomic E-state index is -0.680. The minimum Gasteiger partial charge on any atom is -0.468 e. The summed E-state index contributed by atoms with van der Waals surface area (Å²) in [6, 6.07) is 6.54. The first-order chi connectivity index (χ1) is 11.2. The number of methoxy groups -OCH3 is 2. The smallest absolute Gasteiger partial charge is 0.411 e. The average Bonchev–Trinajstić information content (AvgIpc) is 2.52. The lowest BCUT2D eigenvalue weighted by Gasteiger charge is -2.26. The first kappa shape index (κ1) is 19.5. The van der Waals surface area contributed by atoms with Gasteiger partial charge in [-0.15, -0.1) is 0 Å². The van der Waals surface area contributed by atoms with Crippen molar-refractivity contribution in [3.8, 4) is 0 Å². The molecule has 0 aliphatic heterocycles. The maximum Gasteiger partial charge on any atom is 0.411 e. The van der Waals surface area contributed by atoms with E-state index in [9.17, 15) is 14.4 Å². The molecule has 132 valence electrons. The topological polar surface area (TPSA) is 82.1 Å². The van der Waals surface area contributed by atoms with Crippen molar-refractivity contribution in [2.75, 3.05) is 20.8 Å². The lowest BCUT2D eigenvalue weighted by molar-refractivity contribution is -0.142. The molecule has 1 aromatic rings. The Morgan fingerprint density at radius 2 is 1.58 bits per heavy atom. The van der Waals surface area contributed by atoms with Gasteiger partial charge in [-0.1, -0.05) is 12.1 Å². The molecule has 1 amide bonds. The van der Waals surface area contributed by atoms with Crippen molar-refractivity contribution in [2.24, 2.45) is 0 Å². The summed E-state index contributed by atoms with van der Waals surface area (Å²) < 4.78 is 14.5. The van der Waals surface area contributed by atoms with Gasteiger partial charge in [0.15, 0.2) is 0 Å². The fourth-order valence-electron chi connectivity index (χ4n) is 1.82. The maximum atomic E-state index is 12.3. The van der Waals surface area contributed by atoms with E-state index in [1.807, 2.05) is 0 Å². The van der Waals surface area contributed by atoms with Crippen molar-refractivity contribution in [1.82, 2.24) is 4.90 Å². The first-order valence-electron chi connectivity index (χ1n) is 7.38. The van der Waals surface area contributed by atoms with Crippen LogP contribution in [0, 0.1) is 0 Å². The van der Waals surface area contributed by atoms with Gasteiger partial charge in [-0.05, 0) is 38.5 Å². The second kappa shape index (κ2) is 8.33. The van der Waals surface area contributed by atoms with E-state index in [1.54, 1.807) is 45.0 Å². The van der Waals surface area contributed by atoms with Crippen molar-refractivity contribution in [3.05, 3.63) is 35.4 Å². The number of amides is 1. The molecule has 0 atom stereocenters. The molecule has 1 aromatic carbocycles. The van der Waals surface area contributed by atoms with Gasteiger partial charge in [-0.2, -0.15) is 0 Å². The quantitative estimate of drug-likeness (QED) is 0.606. The number of carbonyl (C=O) groups excluding carboxylic acids is 3. The lowest BCUT2D eigenvalue weighted by atomic mass is 10.1. The third-order valence-corrected chi connectivity index (χ3v) is 2.95. The van der Waals surface area contributed by atoms with Crippen molar-refractivity contribution in [1.29, 1.82) is 0 Å². The predicted molar refractivity (Wildman–Crippen MR) is 86.4 cm³/mol. The zero-order valence-electron chi connectivity index (χ0n) is 14.6. The van der Waals surface area contributed by atoms with Crippen molar-refractivity contribution in [3.63, 3.8) is 0 Å². The summed E-state index contributed by atoms with van der Waals surface area (Å²) in [5.41, 5.74) is 0.454. The van der Waals surface area contributed by atoms with Gasteiger partial charge in [0.2, 0.25) is 0 Å². The lowest BCUT2D eigenvalue weighted by Crippen LogP contribution is -2.39. The molecule has 0 spiro atoms. The maximum absolute atomic E-state index is 12.3. The highest BCUT2D eigenvalue weighted by atomic mass is 16.6. The molecule has 7 heteroatoms. The number of hydrogen-bond donors (Lipinski definition) is 0. The van der Waals surface area contributed by atoms with E-state index in [2.05, 4.69) is 9.47 Å². The van der Waals surface area contributed by atoms with E-state index in [1.165, 1.54) is 19.1 Å². The molecule has 24 heavy (non-hydrogen) atoms. The van der Waals surface area contributed by atoms with Crippen molar-refractivity contribution >= 4 is 18.0 Å². The third kappa shape index (κ3) is 6.28. The Balaban J connectivity index is 2.89. The van der Waals surface area contributed by atoms with Crippen LogP contribution in [-0.2, 0) is 25.5 Å². The molecule has 0 aromatic heterocycles. The Morgan fingerprint density at radius 3 is 2.04 bits per heavy atom. The number of hydrogen-bond acceptors (Lipinski definition) is 6. The Labute approximate surface area is 141 Å². The predicted octanol–water partition coefficient (Wildman–Crippen LogP) is 2.38. The molecule has 0 saturated carbocycles. The fraction of sp³-hybridized carbons (Fsp3) is 0.471. The molecular formula is C17H23NO6. The van der Waals surface area contributed by atoms with Gasteiger partial charge in [0.1, 0.15) is 12.1 Å². The van der Waals surface area contributed by atoms with Gasteiger partial charge in [-0.25, -0.2) is 9.59 Å². The highest BCUT2D eigenvalue weighted by Gasteiger charge is 2.24. The monoisotopic (exact) mass is 337 g/mol. The number of ether oxygens (including phenoxy) is 3. The second-order valence-electron chi connectivity index (χ2n) is 6.10. The molecule has 0 saturated heterocycles. The zero-order chi connectivity index (χ0) is 18.3. The molecule has 0 fully saturated rings. The number of nitrogens with zero attached hydrogens (tertiary/aromatic N) is 1. The largest absolute Gasteiger partial charge is 0.468 e. The number of benzene rings is 1. The second-order valence-corrected chi connectivity index (χ2v) is 6.10. The third-order valence-electron chi connectivity index (χ3n) is 2.95. The highest BCUT2D eigenvalue weighted by Crippen LogP contribution is 2.14. The van der Waals surface area contributed by atoms with E-state index in [-0.39, 0.29) is 13.1 Å². The van der Waals surface area contributed by atoms with Crippen LogP contribution in [0.5, 0.6) is 0 Å². The summed E-state index contributed by atoms with van der Waals surface area (Å²) in [6.07, 6.45) is -0.620. The van der Waals surface area contributed by atoms with Crippen LogP contribution in [0.3, 0.4) is 0 Å². The summed E-state index contributed by atoms with van der Waals surface area (Å²) in [4.78, 5) is 36.5. The summed E-state index contributed by atoms with van der Waals surface area (Å²) in [7, 11) is 2.55. The highest BCUT2D eigenvalue weighted by molar-refractivity contribution is 5.89. The molecule has 0 heterocycles. The van der Waals surface area contributed by atoms with Gasteiger partial charge >= 0.3 is 18.0 Å². The zero-order valence-corrected chi connectivity index (χ0v) is 14.6. The Bertz CT molecular complexity index is 588. The van der Waals surface area contributed by atoms with Crippen LogP contribution in [0.1, 0.15) is 36.7 Å². The van der Waals surface area contributed by atoms with Crippen molar-refractivity contribution < 1.29 is 28.6 Å². The summed E-state index contributed by atoms with van der Waals surface area (Å²) >= 11 is 0. The first-order valence-corrected chi connectivity index (χ1v) is 7.38. The molecule has 0 bridgehead atoms. The molecule has 7 nitrogen and oxygen atoms in total. The summed E-state index contributed by atoms with van der Waals surface area (Å²) in [5, 5.41) is 0. The van der Waals surface area contributed by atoms with E-state index in [0.717, 1.165) is 5.56 Å². The van der Waals surface area contributed by atoms with E-state index in [4.69, 9.17) is 4.74 Å². The van der Waals surface area contributed by atoms with Crippen LogP contribution in [0.4, 0.5) is 4.79 Å². The fourth-order valence-corrected chi connectivity index (χ4v) is 1.82. The van der Waals surface area contributed by atoms with Gasteiger partial charge in [0.05, 0.1) is 19.8 Å². The molecule has 1 rings (SSSR count). The molecule has 0 aliphatic rings. The Morgan fingerprint density at radius 1 is 1.00 bits per heavy atom. The van der Waals surface area contributed by atoms with Gasteiger partial charge in [0, 0.05) is 6.54 Å². The Hall–Kier alpha value is -2.57. The van der Waals surface area contributed by atoms with Crippen molar-refractivity contribution in [2.45, 2.75) is 32.9 Å². The number of carbonyl (C=O) groups is 3. The van der Waals surface area contributed by atoms with E-state index < -0.39 is 23.6 Å². The van der Waals surface area contributed by atoms with Crippen LogP contribution in [0.15, 0.2) is 24.3 Å². The molecule has 0 aliphatic carbocycles. The summed E-state index contributed by atoms with van der Waals surface area (Å²) in [6.45, 7) is 5.14. The van der Waals surface area contributed by atoms with Gasteiger partial charge in [-0.3, -0.25) is 9.69 Å². The van der Waals surface area contributed by atoms with Gasteiger partial charge < -0.3 is 14.2 Å². The molecule has 0 N–H and O–H groups in total. The minimum absolute atomic E-state index is 0.144. The van der Waals surface area contributed by atoms with Gasteiger partial charge in [0.25, 0.3) is 0 Å². The normalized spacial score (nSPS) is 10.7. The SMILES string of the molecule is COC(=O)CN(Cc1ccc(C(=O)OC)cc1)C(=O)OC(C)(C)C. The number of rotatable bonds is 5. The van der Waals surface area contributed by atoms with Crippen LogP contribution in [-0.4, -0.2) is 49.3 Å². The van der Waals surface area contributed by atoms with Crippen LogP contribution < -0.4 is 0 Å². The van der Waals surface area contributed by atoms with Crippen LogP contribution in [0.25, 0.3) is 0 Å². The summed E-state index contributed by atoms with van der Waals surface area (Å²) in [5.74, 6) is -0.993. The Kier molecular flexibility index (Phi) is 6.76. The van der Waals surface area contributed by atoms with Crippen LogP contribution in [0.2, 0.25) is 0 Å². The molecular weight excluding hydrogens is 314 g/mol.